The van der Waals surface area contributed by atoms with Crippen molar-refractivity contribution in [2.75, 3.05) is 31.6 Å². The Labute approximate surface area is 200 Å². The molecule has 182 valence electrons. The third-order valence-electron chi connectivity index (χ3n) is 5.39. The minimum absolute atomic E-state index is 0.0428. The number of hydrogen-bond acceptors (Lipinski definition) is 5. The standard InChI is InChI=1S/C26H33N3O5/c1-4-33-23-16-20(10-13-22(23)34-17-24(30)29-14-6-5-7-15-29)26(32)28-21-11-8-19(9-12-21)25(31)27-18(2)3/h8-13,16,18H,4-7,14-15,17H2,1-3H3,(H,27,31)(H,28,32). The molecule has 2 aromatic rings. The maximum absolute atomic E-state index is 12.8. The summed E-state index contributed by atoms with van der Waals surface area (Å²) in [6.45, 7) is 7.49. The van der Waals surface area contributed by atoms with E-state index in [2.05, 4.69) is 10.6 Å². The average molecular weight is 468 g/mol. The number of hydrogen-bond donors (Lipinski definition) is 2. The maximum atomic E-state index is 12.8. The average Bonchev–Trinajstić information content (AvgIpc) is 2.83. The quantitative estimate of drug-likeness (QED) is 0.584. The second kappa shape index (κ2) is 12.1. The number of amides is 3. The lowest BCUT2D eigenvalue weighted by Crippen LogP contribution is -2.38. The molecule has 0 aromatic heterocycles. The molecule has 34 heavy (non-hydrogen) atoms. The highest BCUT2D eigenvalue weighted by atomic mass is 16.5. The van der Waals surface area contributed by atoms with Crippen molar-refractivity contribution >= 4 is 23.4 Å². The topological polar surface area (TPSA) is 97.0 Å². The predicted molar refractivity (Wildman–Crippen MR) is 131 cm³/mol. The molecule has 1 heterocycles. The van der Waals surface area contributed by atoms with E-state index in [-0.39, 0.29) is 30.4 Å². The van der Waals surface area contributed by atoms with Crippen LogP contribution in [0.15, 0.2) is 42.5 Å². The summed E-state index contributed by atoms with van der Waals surface area (Å²) in [7, 11) is 0. The Kier molecular flexibility index (Phi) is 8.90. The number of benzene rings is 2. The van der Waals surface area contributed by atoms with Gasteiger partial charge in [0.15, 0.2) is 18.1 Å². The normalized spacial score (nSPS) is 13.4. The molecule has 2 aromatic carbocycles. The molecule has 8 heteroatoms. The lowest BCUT2D eigenvalue weighted by atomic mass is 10.1. The summed E-state index contributed by atoms with van der Waals surface area (Å²) >= 11 is 0. The van der Waals surface area contributed by atoms with Crippen LogP contribution in [0.1, 0.15) is 60.7 Å². The minimum Gasteiger partial charge on any atom is -0.490 e. The number of nitrogens with zero attached hydrogens (tertiary/aromatic N) is 1. The molecule has 0 bridgehead atoms. The SMILES string of the molecule is CCOc1cc(C(=O)Nc2ccc(C(=O)NC(C)C)cc2)ccc1OCC(=O)N1CCCCC1. The van der Waals surface area contributed by atoms with Gasteiger partial charge < -0.3 is 25.0 Å². The Morgan fingerprint density at radius 2 is 1.56 bits per heavy atom. The van der Waals surface area contributed by atoms with Crippen LogP contribution in [0.25, 0.3) is 0 Å². The zero-order chi connectivity index (χ0) is 24.5. The molecule has 1 aliphatic heterocycles. The van der Waals surface area contributed by atoms with Gasteiger partial charge in [-0.15, -0.1) is 0 Å². The number of carbonyl (C=O) groups excluding carboxylic acids is 3. The van der Waals surface area contributed by atoms with E-state index in [0.29, 0.717) is 34.9 Å². The van der Waals surface area contributed by atoms with Gasteiger partial charge in [-0.3, -0.25) is 14.4 Å². The first-order valence-electron chi connectivity index (χ1n) is 11.8. The summed E-state index contributed by atoms with van der Waals surface area (Å²) in [5.74, 6) is 0.293. The van der Waals surface area contributed by atoms with Crippen LogP contribution < -0.4 is 20.1 Å². The number of nitrogens with one attached hydrogen (secondary N) is 2. The molecule has 0 unspecified atom stereocenters. The molecule has 0 radical (unpaired) electrons. The number of anilines is 1. The van der Waals surface area contributed by atoms with Crippen LogP contribution >= 0.6 is 0 Å². The number of likely N-dealkylation sites (tertiary alicyclic amines) is 1. The predicted octanol–water partition coefficient (Wildman–Crippen LogP) is 3.87. The fourth-order valence-electron chi connectivity index (χ4n) is 3.66. The smallest absolute Gasteiger partial charge is 0.260 e. The van der Waals surface area contributed by atoms with Crippen LogP contribution in [-0.4, -0.2) is 55.0 Å². The highest BCUT2D eigenvalue weighted by molar-refractivity contribution is 6.05. The van der Waals surface area contributed by atoms with Crippen molar-refractivity contribution in [3.63, 3.8) is 0 Å². The summed E-state index contributed by atoms with van der Waals surface area (Å²) in [5.41, 5.74) is 1.47. The number of carbonyl (C=O) groups is 3. The van der Waals surface area contributed by atoms with Crippen LogP contribution in [0, 0.1) is 0 Å². The highest BCUT2D eigenvalue weighted by Gasteiger charge is 2.18. The van der Waals surface area contributed by atoms with Crippen LogP contribution in [0.5, 0.6) is 11.5 Å². The Balaban J connectivity index is 1.63. The summed E-state index contributed by atoms with van der Waals surface area (Å²) in [5, 5.41) is 5.65. The molecule has 0 spiro atoms. The van der Waals surface area contributed by atoms with Crippen molar-refractivity contribution in [2.45, 2.75) is 46.1 Å². The molecule has 2 N–H and O–H groups in total. The van der Waals surface area contributed by atoms with Crippen LogP contribution in [0.3, 0.4) is 0 Å². The second-order valence-corrected chi connectivity index (χ2v) is 8.48. The van der Waals surface area contributed by atoms with Gasteiger partial charge in [-0.25, -0.2) is 0 Å². The molecule has 0 saturated carbocycles. The molecule has 3 amide bonds. The molecule has 0 aliphatic carbocycles. The van der Waals surface area contributed by atoms with Gasteiger partial charge in [-0.2, -0.15) is 0 Å². The lowest BCUT2D eigenvalue weighted by Gasteiger charge is -2.26. The van der Waals surface area contributed by atoms with E-state index >= 15 is 0 Å². The number of rotatable bonds is 9. The molecule has 8 nitrogen and oxygen atoms in total. The molecule has 1 saturated heterocycles. The van der Waals surface area contributed by atoms with E-state index in [1.54, 1.807) is 42.5 Å². The van der Waals surface area contributed by atoms with Gasteiger partial charge in [-0.05, 0) is 82.5 Å². The lowest BCUT2D eigenvalue weighted by molar-refractivity contribution is -0.134. The maximum Gasteiger partial charge on any atom is 0.260 e. The van der Waals surface area contributed by atoms with Gasteiger partial charge in [0.05, 0.1) is 6.61 Å². The van der Waals surface area contributed by atoms with Gasteiger partial charge in [0.25, 0.3) is 17.7 Å². The first kappa shape index (κ1) is 25.1. The van der Waals surface area contributed by atoms with Crippen LogP contribution in [0.2, 0.25) is 0 Å². The fraction of sp³-hybridized carbons (Fsp3) is 0.423. The molecule has 0 atom stereocenters. The minimum atomic E-state index is -0.323. The Hall–Kier alpha value is -3.55. The third-order valence-corrected chi connectivity index (χ3v) is 5.39. The molecule has 1 aliphatic rings. The Morgan fingerprint density at radius 3 is 2.21 bits per heavy atom. The largest absolute Gasteiger partial charge is 0.490 e. The Morgan fingerprint density at radius 1 is 0.882 bits per heavy atom. The van der Waals surface area contributed by atoms with E-state index in [1.807, 2.05) is 25.7 Å². The van der Waals surface area contributed by atoms with Gasteiger partial charge in [0.1, 0.15) is 0 Å². The number of piperidine rings is 1. The van der Waals surface area contributed by atoms with E-state index in [9.17, 15) is 14.4 Å². The first-order valence-corrected chi connectivity index (χ1v) is 11.8. The van der Waals surface area contributed by atoms with Gasteiger partial charge in [0.2, 0.25) is 0 Å². The third kappa shape index (κ3) is 6.97. The molecule has 3 rings (SSSR count). The van der Waals surface area contributed by atoms with E-state index in [0.717, 1.165) is 32.4 Å². The van der Waals surface area contributed by atoms with Crippen molar-refractivity contribution in [3.05, 3.63) is 53.6 Å². The van der Waals surface area contributed by atoms with Crippen LogP contribution in [0.4, 0.5) is 5.69 Å². The second-order valence-electron chi connectivity index (χ2n) is 8.48. The van der Waals surface area contributed by atoms with E-state index in [4.69, 9.17) is 9.47 Å². The van der Waals surface area contributed by atoms with E-state index in [1.165, 1.54) is 0 Å². The van der Waals surface area contributed by atoms with Crippen molar-refractivity contribution < 1.29 is 23.9 Å². The highest BCUT2D eigenvalue weighted by Crippen LogP contribution is 2.29. The first-order chi connectivity index (χ1) is 16.4. The van der Waals surface area contributed by atoms with Crippen molar-refractivity contribution in [2.24, 2.45) is 0 Å². The molecule has 1 fully saturated rings. The number of ether oxygens (including phenoxy) is 2. The van der Waals surface area contributed by atoms with Gasteiger partial charge >= 0.3 is 0 Å². The summed E-state index contributed by atoms with van der Waals surface area (Å²) < 4.78 is 11.4. The van der Waals surface area contributed by atoms with Crippen molar-refractivity contribution in [3.8, 4) is 11.5 Å². The summed E-state index contributed by atoms with van der Waals surface area (Å²) in [6, 6.07) is 11.6. The van der Waals surface area contributed by atoms with Gasteiger partial charge in [-0.1, -0.05) is 0 Å². The summed E-state index contributed by atoms with van der Waals surface area (Å²) in [6.07, 6.45) is 3.20. The van der Waals surface area contributed by atoms with Gasteiger partial charge in [0, 0.05) is 35.9 Å². The molecular formula is C26H33N3O5. The zero-order valence-corrected chi connectivity index (χ0v) is 20.1. The van der Waals surface area contributed by atoms with Crippen LogP contribution in [-0.2, 0) is 4.79 Å². The van der Waals surface area contributed by atoms with Crippen molar-refractivity contribution in [1.82, 2.24) is 10.2 Å². The summed E-state index contributed by atoms with van der Waals surface area (Å²) in [4.78, 5) is 39.1. The zero-order valence-electron chi connectivity index (χ0n) is 20.1. The van der Waals surface area contributed by atoms with E-state index < -0.39 is 0 Å². The van der Waals surface area contributed by atoms with Crippen molar-refractivity contribution in [1.29, 1.82) is 0 Å². The Bertz CT molecular complexity index is 998. The molecular weight excluding hydrogens is 434 g/mol. The monoisotopic (exact) mass is 467 g/mol. The fourth-order valence-corrected chi connectivity index (χ4v) is 3.66.